The van der Waals surface area contributed by atoms with Crippen LogP contribution in [0.4, 0.5) is 10.8 Å². The normalized spacial score (nSPS) is 21.6. The van der Waals surface area contributed by atoms with Gasteiger partial charge in [-0.1, -0.05) is 23.5 Å². The molecule has 0 bridgehead atoms. The predicted octanol–water partition coefficient (Wildman–Crippen LogP) is 1.78. The molecule has 0 radical (unpaired) electrons. The minimum Gasteiger partial charge on any atom is -0.307 e. The van der Waals surface area contributed by atoms with Gasteiger partial charge in [0.2, 0.25) is 16.7 Å². The molecule has 1 atom stereocenters. The summed E-state index contributed by atoms with van der Waals surface area (Å²) in [5, 5.41) is 11.6. The van der Waals surface area contributed by atoms with E-state index in [1.807, 2.05) is 0 Å². The van der Waals surface area contributed by atoms with Gasteiger partial charge in [-0.05, 0) is 26.0 Å². The Morgan fingerprint density at radius 2 is 2.08 bits per heavy atom. The van der Waals surface area contributed by atoms with E-state index in [9.17, 15) is 14.4 Å². The number of aromatic nitrogens is 2. The lowest BCUT2D eigenvalue weighted by molar-refractivity contribution is -0.128. The minimum absolute atomic E-state index is 0.174. The Morgan fingerprint density at radius 3 is 2.77 bits per heavy atom. The molecule has 26 heavy (non-hydrogen) atoms. The van der Waals surface area contributed by atoms with E-state index in [-0.39, 0.29) is 24.7 Å². The van der Waals surface area contributed by atoms with Gasteiger partial charge in [0.1, 0.15) is 5.01 Å². The van der Waals surface area contributed by atoms with Crippen LogP contribution in [0.1, 0.15) is 35.1 Å². The Balaban J connectivity index is 1.85. The summed E-state index contributed by atoms with van der Waals surface area (Å²) < 4.78 is 0. The first-order chi connectivity index (χ1) is 12.5. The highest BCUT2D eigenvalue weighted by Crippen LogP contribution is 2.44. The van der Waals surface area contributed by atoms with Gasteiger partial charge in [-0.15, -0.1) is 10.2 Å². The van der Waals surface area contributed by atoms with Gasteiger partial charge in [0.15, 0.2) is 0 Å². The van der Waals surface area contributed by atoms with Crippen LogP contribution in [0.25, 0.3) is 0 Å². The number of benzene rings is 1. The fraction of sp³-hybridized carbons (Fsp3) is 0.353. The highest BCUT2D eigenvalue weighted by Gasteiger charge is 2.60. The highest BCUT2D eigenvalue weighted by molar-refractivity contribution is 7.15. The number of anilines is 2. The van der Waals surface area contributed by atoms with E-state index in [2.05, 4.69) is 15.5 Å². The summed E-state index contributed by atoms with van der Waals surface area (Å²) in [6.45, 7) is 3.90. The Labute approximate surface area is 153 Å². The van der Waals surface area contributed by atoms with Gasteiger partial charge in [-0.3, -0.25) is 24.6 Å². The average Bonchev–Trinajstić information content (AvgIpc) is 3.19. The highest BCUT2D eigenvalue weighted by atomic mass is 32.1. The summed E-state index contributed by atoms with van der Waals surface area (Å²) in [6, 6.07) is 6.90. The number of nitrogens with one attached hydrogen (secondary N) is 1. The topological polar surface area (TPSA) is 95.5 Å². The van der Waals surface area contributed by atoms with Crippen molar-refractivity contribution in [1.29, 1.82) is 0 Å². The van der Waals surface area contributed by atoms with Gasteiger partial charge >= 0.3 is 0 Å². The molecule has 1 unspecified atom stereocenters. The largest absolute Gasteiger partial charge is 0.307 e. The number of amides is 3. The van der Waals surface area contributed by atoms with Crippen LogP contribution < -0.4 is 10.2 Å². The zero-order valence-corrected chi connectivity index (χ0v) is 15.2. The third-order valence-electron chi connectivity index (χ3n) is 4.80. The number of carbonyl (C=O) groups is 3. The van der Waals surface area contributed by atoms with Crippen LogP contribution in [0.3, 0.4) is 0 Å². The molecule has 3 amide bonds. The lowest BCUT2D eigenvalue weighted by Crippen LogP contribution is -2.69. The van der Waals surface area contributed by atoms with Gasteiger partial charge in [-0.2, -0.15) is 0 Å². The number of nitrogens with zero attached hydrogens (tertiary/aromatic N) is 4. The maximum absolute atomic E-state index is 13.3. The Bertz CT molecular complexity index is 927. The molecule has 3 heterocycles. The van der Waals surface area contributed by atoms with Gasteiger partial charge in [-0.25, -0.2) is 0 Å². The maximum atomic E-state index is 13.3. The molecule has 1 aromatic carbocycles. The molecule has 4 rings (SSSR count). The molecule has 9 heteroatoms. The molecule has 1 saturated heterocycles. The summed E-state index contributed by atoms with van der Waals surface area (Å²) in [5.74, 6) is -0.867. The second-order valence-electron chi connectivity index (χ2n) is 6.19. The number of carbonyl (C=O) groups excluding carboxylic acids is 3. The molecule has 1 fully saturated rings. The van der Waals surface area contributed by atoms with Crippen LogP contribution in [-0.4, -0.2) is 45.0 Å². The SMILES string of the molecule is CCN1C(=O)c2ccccc2N2C(=O)CCC12C(=O)Nc1nnc(C)s1. The molecule has 0 spiro atoms. The molecule has 0 aliphatic carbocycles. The standard InChI is InChI=1S/C17H17N5O3S/c1-3-21-14(24)11-6-4-5-7-12(11)22-13(23)8-9-17(21,22)15(25)18-16-20-19-10(2)26-16/h4-7H,3,8-9H2,1-2H3,(H,18,20,25). The third kappa shape index (κ3) is 2.16. The number of rotatable bonds is 3. The summed E-state index contributed by atoms with van der Waals surface area (Å²) in [5.41, 5.74) is -0.468. The van der Waals surface area contributed by atoms with E-state index in [0.717, 1.165) is 5.01 Å². The molecule has 0 saturated carbocycles. The summed E-state index contributed by atoms with van der Waals surface area (Å²) in [4.78, 5) is 42.0. The molecule has 2 aliphatic rings. The van der Waals surface area contributed by atoms with Crippen LogP contribution in [0, 0.1) is 6.92 Å². The number of fused-ring (bicyclic) bond motifs is 3. The van der Waals surface area contributed by atoms with Crippen molar-refractivity contribution in [3.8, 4) is 0 Å². The molecule has 2 aromatic rings. The molecule has 1 N–H and O–H groups in total. The molecular formula is C17H17N5O3S. The van der Waals surface area contributed by atoms with Crippen molar-refractivity contribution in [2.75, 3.05) is 16.8 Å². The first-order valence-corrected chi connectivity index (χ1v) is 9.16. The summed E-state index contributed by atoms with van der Waals surface area (Å²) in [7, 11) is 0. The van der Waals surface area contributed by atoms with Gasteiger partial charge < -0.3 is 4.90 Å². The van der Waals surface area contributed by atoms with Crippen molar-refractivity contribution < 1.29 is 14.4 Å². The van der Waals surface area contributed by atoms with Crippen LogP contribution in [0.2, 0.25) is 0 Å². The maximum Gasteiger partial charge on any atom is 0.273 e. The molecular weight excluding hydrogens is 354 g/mol. The van der Waals surface area contributed by atoms with Crippen LogP contribution in [0.5, 0.6) is 0 Å². The van der Waals surface area contributed by atoms with Crippen molar-refractivity contribution in [2.45, 2.75) is 32.4 Å². The van der Waals surface area contributed by atoms with E-state index in [1.54, 1.807) is 38.1 Å². The van der Waals surface area contributed by atoms with Crippen molar-refractivity contribution in [2.24, 2.45) is 0 Å². The average molecular weight is 371 g/mol. The van der Waals surface area contributed by atoms with Crippen molar-refractivity contribution in [3.63, 3.8) is 0 Å². The Morgan fingerprint density at radius 1 is 1.31 bits per heavy atom. The van der Waals surface area contributed by atoms with E-state index >= 15 is 0 Å². The quantitative estimate of drug-likeness (QED) is 0.887. The van der Waals surface area contributed by atoms with E-state index in [4.69, 9.17) is 0 Å². The van der Waals surface area contributed by atoms with E-state index in [0.29, 0.717) is 22.9 Å². The van der Waals surface area contributed by atoms with Crippen molar-refractivity contribution in [3.05, 3.63) is 34.8 Å². The van der Waals surface area contributed by atoms with Gasteiger partial charge in [0, 0.05) is 19.4 Å². The Kier molecular flexibility index (Phi) is 3.76. The minimum atomic E-state index is -1.38. The first-order valence-electron chi connectivity index (χ1n) is 8.34. The monoisotopic (exact) mass is 371 g/mol. The molecule has 2 aliphatic heterocycles. The lowest BCUT2D eigenvalue weighted by atomic mass is 9.95. The fourth-order valence-electron chi connectivity index (χ4n) is 3.75. The first kappa shape index (κ1) is 16.6. The van der Waals surface area contributed by atoms with Crippen LogP contribution in [-0.2, 0) is 9.59 Å². The fourth-order valence-corrected chi connectivity index (χ4v) is 4.34. The third-order valence-corrected chi connectivity index (χ3v) is 5.55. The van der Waals surface area contributed by atoms with E-state index < -0.39 is 11.6 Å². The molecule has 8 nitrogen and oxygen atoms in total. The number of hydrogen-bond acceptors (Lipinski definition) is 6. The zero-order valence-electron chi connectivity index (χ0n) is 14.4. The molecule has 1 aromatic heterocycles. The number of para-hydroxylation sites is 1. The van der Waals surface area contributed by atoms with E-state index in [1.165, 1.54) is 21.1 Å². The van der Waals surface area contributed by atoms with Crippen LogP contribution >= 0.6 is 11.3 Å². The van der Waals surface area contributed by atoms with Gasteiger partial charge in [0.25, 0.3) is 11.8 Å². The number of aryl methyl sites for hydroxylation is 1. The second-order valence-corrected chi connectivity index (χ2v) is 7.37. The molecule has 134 valence electrons. The number of likely N-dealkylation sites (N-methyl/N-ethyl adjacent to an activating group) is 1. The summed E-state index contributed by atoms with van der Waals surface area (Å²) >= 11 is 1.25. The van der Waals surface area contributed by atoms with Crippen LogP contribution in [0.15, 0.2) is 24.3 Å². The number of hydrogen-bond donors (Lipinski definition) is 1. The lowest BCUT2D eigenvalue weighted by Gasteiger charge is -2.48. The summed E-state index contributed by atoms with van der Waals surface area (Å²) in [6.07, 6.45) is 0.435. The predicted molar refractivity (Wildman–Crippen MR) is 95.9 cm³/mol. The Hall–Kier alpha value is -2.81. The smallest absolute Gasteiger partial charge is 0.273 e. The zero-order chi connectivity index (χ0) is 18.5. The van der Waals surface area contributed by atoms with Crippen molar-refractivity contribution in [1.82, 2.24) is 15.1 Å². The van der Waals surface area contributed by atoms with Gasteiger partial charge in [0.05, 0.1) is 11.3 Å². The second kappa shape index (κ2) is 5.87. The van der Waals surface area contributed by atoms with Crippen molar-refractivity contribution >= 4 is 39.9 Å².